The van der Waals surface area contributed by atoms with Gasteiger partial charge in [0, 0.05) is 35.7 Å². The summed E-state index contributed by atoms with van der Waals surface area (Å²) in [5, 5.41) is 21.4. The quantitative estimate of drug-likeness (QED) is 0.0400. The van der Waals surface area contributed by atoms with Crippen LogP contribution in [0.3, 0.4) is 0 Å². The minimum Gasteiger partial charge on any atom is -0.480 e. The lowest BCUT2D eigenvalue weighted by Crippen LogP contribution is -2.52. The zero-order chi connectivity index (χ0) is 34.1. The fourth-order valence-electron chi connectivity index (χ4n) is 3.94. The first kappa shape index (κ1) is 36.1. The molecule has 2 aromatic heterocycles. The van der Waals surface area contributed by atoms with Crippen molar-refractivity contribution >= 4 is 40.6 Å². The molecule has 2 heterocycles. The van der Waals surface area contributed by atoms with Gasteiger partial charge in [0.2, 0.25) is 11.9 Å². The van der Waals surface area contributed by atoms with Crippen molar-refractivity contribution < 1.29 is 33.7 Å². The number of hydrogen-bond acceptors (Lipinski definition) is 13. The molecule has 0 aliphatic carbocycles. The summed E-state index contributed by atoms with van der Waals surface area (Å²) in [7, 11) is 0. The second-order valence-electron chi connectivity index (χ2n) is 10.1. The summed E-state index contributed by atoms with van der Waals surface area (Å²) >= 11 is 0. The number of nitrogens with one attached hydrogen (secondary N) is 4. The molecule has 2 amide bonds. The van der Waals surface area contributed by atoms with Crippen LogP contribution in [-0.2, 0) is 30.3 Å². The van der Waals surface area contributed by atoms with Gasteiger partial charge in [-0.3, -0.25) is 19.4 Å². The van der Waals surface area contributed by atoms with Crippen molar-refractivity contribution in [1.82, 2.24) is 30.6 Å². The number of aromatic amines is 1. The predicted molar refractivity (Wildman–Crippen MR) is 168 cm³/mol. The number of nitrogens with zero attached hydrogens (tertiary/aromatic N) is 6. The highest BCUT2D eigenvalue weighted by Crippen LogP contribution is 2.16. The molecule has 19 nitrogen and oxygen atoms in total. The van der Waals surface area contributed by atoms with E-state index < -0.39 is 23.0 Å². The van der Waals surface area contributed by atoms with Crippen LogP contribution in [0.1, 0.15) is 35.8 Å². The number of benzene rings is 1. The summed E-state index contributed by atoms with van der Waals surface area (Å²) in [4.78, 5) is 66.5. The van der Waals surface area contributed by atoms with Crippen molar-refractivity contribution in [2.24, 2.45) is 5.11 Å². The van der Waals surface area contributed by atoms with Crippen LogP contribution in [0.2, 0.25) is 0 Å². The van der Waals surface area contributed by atoms with Crippen LogP contribution in [0.5, 0.6) is 0 Å². The molecule has 0 aliphatic rings. The van der Waals surface area contributed by atoms with Crippen molar-refractivity contribution in [3.8, 4) is 0 Å². The number of carbonyl (C=O) groups excluding carboxylic acids is 2. The first-order chi connectivity index (χ1) is 22.6. The molecule has 0 aliphatic heterocycles. The van der Waals surface area contributed by atoms with Gasteiger partial charge in [-0.1, -0.05) is 5.11 Å². The number of rotatable bonds is 21. The molecule has 0 unspecified atom stereocenters. The minimum absolute atomic E-state index is 0.0522. The Labute approximate surface area is 268 Å². The standard InChI is InChI=1S/C28H37N11O8/c1-28(26(43)44,7-6-21(40)31-8-10-45-12-14-47-15-13-46-11-9-34-39-30)38-24(41)18-2-4-19(5-3-18)32-16-20-17-33-23-22(35-20)25(42)37-27(29)36-23/h2-5,17,32H,6-16H2,1H3,(H,31,40)(H,38,41)(H,43,44)(H3,29,33,36,37,42)/t28-/m1/s1. The van der Waals surface area contributed by atoms with Crippen molar-refractivity contribution in [3.05, 3.63) is 62.5 Å². The topological polar surface area (TPSA) is 282 Å². The highest BCUT2D eigenvalue weighted by atomic mass is 16.5. The Balaban J connectivity index is 1.36. The number of fused-ring (bicyclic) bond motifs is 1. The van der Waals surface area contributed by atoms with Gasteiger partial charge in [-0.2, -0.15) is 4.98 Å². The third-order valence-corrected chi connectivity index (χ3v) is 6.53. The molecule has 3 rings (SSSR count). The maximum Gasteiger partial charge on any atom is 0.329 e. The second kappa shape index (κ2) is 18.6. The van der Waals surface area contributed by atoms with E-state index in [2.05, 4.69) is 45.9 Å². The second-order valence-corrected chi connectivity index (χ2v) is 10.1. The third kappa shape index (κ3) is 12.2. The largest absolute Gasteiger partial charge is 0.480 e. The van der Waals surface area contributed by atoms with E-state index in [-0.39, 0.29) is 67.7 Å². The molecule has 47 heavy (non-hydrogen) atoms. The van der Waals surface area contributed by atoms with Crippen LogP contribution in [-0.4, -0.2) is 101 Å². The summed E-state index contributed by atoms with van der Waals surface area (Å²) in [5.41, 5.74) is 13.0. The molecule has 252 valence electrons. The lowest BCUT2D eigenvalue weighted by molar-refractivity contribution is -0.144. The van der Waals surface area contributed by atoms with Gasteiger partial charge in [-0.05, 0) is 43.1 Å². The van der Waals surface area contributed by atoms with Gasteiger partial charge in [0.25, 0.3) is 11.5 Å². The molecule has 0 bridgehead atoms. The summed E-state index contributed by atoms with van der Waals surface area (Å²) < 4.78 is 15.9. The van der Waals surface area contributed by atoms with Gasteiger partial charge < -0.3 is 41.0 Å². The number of carboxylic acids is 1. The Bertz CT molecular complexity index is 1610. The number of amides is 2. The summed E-state index contributed by atoms with van der Waals surface area (Å²) in [6.07, 6.45) is 1.18. The molecule has 1 aromatic carbocycles. The van der Waals surface area contributed by atoms with Crippen LogP contribution in [0, 0.1) is 0 Å². The van der Waals surface area contributed by atoms with Crippen LogP contribution in [0.25, 0.3) is 21.6 Å². The maximum atomic E-state index is 12.9. The average molecular weight is 656 g/mol. The molecule has 7 N–H and O–H groups in total. The van der Waals surface area contributed by atoms with Crippen LogP contribution < -0.4 is 27.2 Å². The van der Waals surface area contributed by atoms with Gasteiger partial charge in [0.05, 0.1) is 58.1 Å². The van der Waals surface area contributed by atoms with Gasteiger partial charge in [-0.15, -0.1) is 0 Å². The smallest absolute Gasteiger partial charge is 0.329 e. The summed E-state index contributed by atoms with van der Waals surface area (Å²) in [6, 6.07) is 6.29. The summed E-state index contributed by atoms with van der Waals surface area (Å²) in [5.74, 6) is -2.35. The van der Waals surface area contributed by atoms with E-state index in [0.717, 1.165) is 0 Å². The molecule has 0 spiro atoms. The number of aromatic nitrogens is 4. The Hall–Kier alpha value is -5.36. The molecule has 0 saturated heterocycles. The maximum absolute atomic E-state index is 12.9. The normalized spacial score (nSPS) is 12.1. The van der Waals surface area contributed by atoms with E-state index in [9.17, 15) is 24.3 Å². The SMILES string of the molecule is C[C@](CCC(=O)NCCOCCOCCOCCN=[N+]=[N-])(NC(=O)c1ccc(NCc2cnc3nc(N)[nH]c(=O)c3n2)cc1)C(=O)O. The van der Waals surface area contributed by atoms with Crippen molar-refractivity contribution in [1.29, 1.82) is 0 Å². The molecule has 1 atom stereocenters. The van der Waals surface area contributed by atoms with E-state index in [1.165, 1.54) is 25.3 Å². The molecule has 19 heteroatoms. The minimum atomic E-state index is -1.70. The zero-order valence-electron chi connectivity index (χ0n) is 25.7. The Morgan fingerprint density at radius 1 is 1.06 bits per heavy atom. The number of nitrogen functional groups attached to an aromatic ring is 1. The Morgan fingerprint density at radius 2 is 1.74 bits per heavy atom. The molecule has 3 aromatic rings. The molecule has 0 radical (unpaired) electrons. The number of nitrogens with two attached hydrogens (primary N) is 1. The number of anilines is 2. The monoisotopic (exact) mass is 655 g/mol. The number of H-pyrrole nitrogens is 1. The number of ether oxygens (including phenoxy) is 3. The Morgan fingerprint density at radius 3 is 2.43 bits per heavy atom. The van der Waals surface area contributed by atoms with Crippen molar-refractivity contribution in [2.45, 2.75) is 31.8 Å². The highest BCUT2D eigenvalue weighted by molar-refractivity contribution is 5.98. The van der Waals surface area contributed by atoms with Gasteiger partial charge in [0.15, 0.2) is 11.2 Å². The van der Waals surface area contributed by atoms with E-state index in [1.807, 2.05) is 0 Å². The fraction of sp³-hybridized carbons (Fsp3) is 0.464. The van der Waals surface area contributed by atoms with Crippen molar-refractivity contribution in [3.63, 3.8) is 0 Å². The van der Waals surface area contributed by atoms with Crippen molar-refractivity contribution in [2.75, 3.05) is 63.8 Å². The lowest BCUT2D eigenvalue weighted by atomic mass is 9.95. The van der Waals surface area contributed by atoms with Gasteiger partial charge in [0.1, 0.15) is 5.54 Å². The van der Waals surface area contributed by atoms with Crippen LogP contribution >= 0.6 is 0 Å². The van der Waals surface area contributed by atoms with E-state index >= 15 is 0 Å². The number of azide groups is 1. The number of hydrogen-bond donors (Lipinski definition) is 6. The van der Waals surface area contributed by atoms with Gasteiger partial charge >= 0.3 is 5.97 Å². The Kier molecular flexibility index (Phi) is 14.3. The number of aliphatic carboxylic acids is 1. The fourth-order valence-corrected chi connectivity index (χ4v) is 3.94. The average Bonchev–Trinajstić information content (AvgIpc) is 3.05. The highest BCUT2D eigenvalue weighted by Gasteiger charge is 2.35. The third-order valence-electron chi connectivity index (χ3n) is 6.53. The van der Waals surface area contributed by atoms with E-state index in [4.69, 9.17) is 25.5 Å². The molecular formula is C28H37N11O8. The van der Waals surface area contributed by atoms with Crippen LogP contribution in [0.4, 0.5) is 11.6 Å². The zero-order valence-corrected chi connectivity index (χ0v) is 25.7. The lowest BCUT2D eigenvalue weighted by Gasteiger charge is -2.26. The molecular weight excluding hydrogens is 618 g/mol. The first-order valence-corrected chi connectivity index (χ1v) is 14.5. The summed E-state index contributed by atoms with van der Waals surface area (Å²) in [6.45, 7) is 3.96. The van der Waals surface area contributed by atoms with Gasteiger partial charge in [-0.25, -0.2) is 14.8 Å². The first-order valence-electron chi connectivity index (χ1n) is 14.5. The number of carboxylic acid groups (broad SMARTS) is 1. The molecule has 0 saturated carbocycles. The number of carbonyl (C=O) groups is 3. The predicted octanol–water partition coefficient (Wildman–Crippen LogP) is 0.737. The molecule has 0 fully saturated rings. The van der Waals surface area contributed by atoms with E-state index in [1.54, 1.807) is 12.1 Å². The van der Waals surface area contributed by atoms with Crippen LogP contribution in [0.15, 0.2) is 40.4 Å². The van der Waals surface area contributed by atoms with E-state index in [0.29, 0.717) is 44.4 Å².